The number of fused-ring (bicyclic) bond motifs is 3. The SMILES string of the molecule is CS(=O)(=O)N(CCCC(=O)Nc1ccc2c(c1)oc1ccccc12)c1ccc(F)c(Cl)c1. The second-order valence-corrected chi connectivity index (χ2v) is 9.71. The van der Waals surface area contributed by atoms with Crippen LogP contribution in [-0.2, 0) is 14.8 Å². The number of amides is 1. The fourth-order valence-corrected chi connectivity index (χ4v) is 4.67. The summed E-state index contributed by atoms with van der Waals surface area (Å²) in [6.45, 7) is 0.0524. The number of furan rings is 1. The van der Waals surface area contributed by atoms with Crippen molar-refractivity contribution in [3.05, 3.63) is 71.5 Å². The van der Waals surface area contributed by atoms with E-state index in [0.29, 0.717) is 11.3 Å². The van der Waals surface area contributed by atoms with Crippen LogP contribution in [0.2, 0.25) is 5.02 Å². The number of anilines is 2. The number of benzene rings is 3. The van der Waals surface area contributed by atoms with Crippen molar-refractivity contribution in [2.45, 2.75) is 12.8 Å². The molecule has 4 rings (SSSR count). The summed E-state index contributed by atoms with van der Waals surface area (Å²) in [7, 11) is -3.63. The van der Waals surface area contributed by atoms with Crippen LogP contribution >= 0.6 is 11.6 Å². The van der Waals surface area contributed by atoms with E-state index in [1.54, 1.807) is 12.1 Å². The zero-order valence-corrected chi connectivity index (χ0v) is 18.7. The van der Waals surface area contributed by atoms with E-state index in [4.69, 9.17) is 16.0 Å². The van der Waals surface area contributed by atoms with Gasteiger partial charge in [0.1, 0.15) is 17.0 Å². The molecule has 0 aliphatic rings. The Bertz CT molecular complexity index is 1420. The minimum absolute atomic E-state index is 0.0524. The number of sulfonamides is 1. The number of hydrogen-bond acceptors (Lipinski definition) is 4. The average molecular weight is 475 g/mol. The molecule has 1 heterocycles. The average Bonchev–Trinajstić information content (AvgIpc) is 3.10. The molecule has 32 heavy (non-hydrogen) atoms. The normalized spacial score (nSPS) is 11.7. The molecule has 0 radical (unpaired) electrons. The molecule has 0 atom stereocenters. The van der Waals surface area contributed by atoms with E-state index in [0.717, 1.165) is 33.0 Å². The molecule has 0 fully saturated rings. The fourth-order valence-electron chi connectivity index (χ4n) is 3.54. The van der Waals surface area contributed by atoms with Gasteiger partial charge in [-0.2, -0.15) is 0 Å². The van der Waals surface area contributed by atoms with Gasteiger partial charge in [0, 0.05) is 35.5 Å². The number of carbonyl (C=O) groups excluding carboxylic acids is 1. The highest BCUT2D eigenvalue weighted by atomic mass is 35.5. The van der Waals surface area contributed by atoms with Crippen molar-refractivity contribution in [1.29, 1.82) is 0 Å². The Balaban J connectivity index is 1.41. The van der Waals surface area contributed by atoms with Gasteiger partial charge in [0.05, 0.1) is 17.0 Å². The van der Waals surface area contributed by atoms with E-state index < -0.39 is 15.8 Å². The lowest BCUT2D eigenvalue weighted by Gasteiger charge is -2.22. The summed E-state index contributed by atoms with van der Waals surface area (Å²) in [4.78, 5) is 12.4. The monoisotopic (exact) mass is 474 g/mol. The Kier molecular flexibility index (Phi) is 6.08. The van der Waals surface area contributed by atoms with E-state index in [-0.39, 0.29) is 36.0 Å². The van der Waals surface area contributed by atoms with Gasteiger partial charge in [-0.05, 0) is 42.8 Å². The first kappa shape index (κ1) is 22.1. The molecule has 1 amide bonds. The molecule has 0 bridgehead atoms. The van der Waals surface area contributed by atoms with Crippen LogP contribution in [0.15, 0.2) is 65.1 Å². The molecule has 0 aliphatic carbocycles. The van der Waals surface area contributed by atoms with Crippen LogP contribution in [0, 0.1) is 5.82 Å². The van der Waals surface area contributed by atoms with Crippen LogP contribution < -0.4 is 9.62 Å². The molecular weight excluding hydrogens is 455 g/mol. The summed E-state index contributed by atoms with van der Waals surface area (Å²) in [5, 5.41) is 4.60. The summed E-state index contributed by atoms with van der Waals surface area (Å²) in [5.41, 5.74) is 2.27. The van der Waals surface area contributed by atoms with Crippen molar-refractivity contribution in [3.8, 4) is 0 Å². The molecule has 0 saturated heterocycles. The highest BCUT2D eigenvalue weighted by Crippen LogP contribution is 2.30. The summed E-state index contributed by atoms with van der Waals surface area (Å²) in [6.07, 6.45) is 1.41. The largest absolute Gasteiger partial charge is 0.456 e. The van der Waals surface area contributed by atoms with E-state index in [9.17, 15) is 17.6 Å². The number of halogens is 2. The smallest absolute Gasteiger partial charge is 0.232 e. The van der Waals surface area contributed by atoms with E-state index in [1.165, 1.54) is 12.1 Å². The molecule has 0 unspecified atom stereocenters. The molecular formula is C23H20ClFN2O4S. The minimum atomic E-state index is -3.63. The zero-order valence-electron chi connectivity index (χ0n) is 17.1. The lowest BCUT2D eigenvalue weighted by molar-refractivity contribution is -0.116. The summed E-state index contributed by atoms with van der Waals surface area (Å²) in [5.74, 6) is -0.893. The van der Waals surface area contributed by atoms with Gasteiger partial charge in [-0.15, -0.1) is 0 Å². The molecule has 9 heteroatoms. The maximum atomic E-state index is 13.4. The van der Waals surface area contributed by atoms with Gasteiger partial charge in [-0.3, -0.25) is 9.10 Å². The Hall–Kier alpha value is -3.10. The summed E-state index contributed by atoms with van der Waals surface area (Å²) >= 11 is 5.78. The third-order valence-electron chi connectivity index (χ3n) is 5.02. The lowest BCUT2D eigenvalue weighted by Crippen LogP contribution is -2.31. The number of para-hydroxylation sites is 1. The van der Waals surface area contributed by atoms with Gasteiger partial charge in [0.2, 0.25) is 15.9 Å². The van der Waals surface area contributed by atoms with Crippen LogP contribution in [0.3, 0.4) is 0 Å². The van der Waals surface area contributed by atoms with Gasteiger partial charge < -0.3 is 9.73 Å². The molecule has 3 aromatic carbocycles. The summed E-state index contributed by atoms with van der Waals surface area (Å²) in [6, 6.07) is 16.8. The van der Waals surface area contributed by atoms with Crippen molar-refractivity contribution in [1.82, 2.24) is 0 Å². The maximum Gasteiger partial charge on any atom is 0.232 e. The predicted molar refractivity (Wildman–Crippen MR) is 125 cm³/mol. The van der Waals surface area contributed by atoms with Gasteiger partial charge in [0.25, 0.3) is 0 Å². The Morgan fingerprint density at radius 1 is 1.06 bits per heavy atom. The van der Waals surface area contributed by atoms with Crippen molar-refractivity contribution >= 4 is 60.8 Å². The van der Waals surface area contributed by atoms with Crippen LogP contribution in [0.25, 0.3) is 21.9 Å². The number of carbonyl (C=O) groups is 1. The first-order valence-electron chi connectivity index (χ1n) is 9.86. The molecule has 0 saturated carbocycles. The van der Waals surface area contributed by atoms with E-state index in [1.807, 2.05) is 30.3 Å². The maximum absolute atomic E-state index is 13.4. The standard InChI is InChI=1S/C23H20ClFN2O4S/c1-32(29,30)27(16-9-11-20(25)19(24)14-16)12-4-7-23(28)26-15-8-10-18-17-5-2-3-6-21(17)31-22(18)13-15/h2-3,5-6,8-11,13-14H,4,7,12H2,1H3,(H,26,28). The number of nitrogens with one attached hydrogen (secondary N) is 1. The molecule has 4 aromatic rings. The molecule has 1 N–H and O–H groups in total. The van der Waals surface area contributed by atoms with Crippen LogP contribution in [0.1, 0.15) is 12.8 Å². The third-order valence-corrected chi connectivity index (χ3v) is 6.50. The van der Waals surface area contributed by atoms with Gasteiger partial charge in [-0.25, -0.2) is 12.8 Å². The second-order valence-electron chi connectivity index (χ2n) is 7.39. The second kappa shape index (κ2) is 8.80. The van der Waals surface area contributed by atoms with Crippen molar-refractivity contribution in [3.63, 3.8) is 0 Å². The third kappa shape index (κ3) is 4.71. The minimum Gasteiger partial charge on any atom is -0.456 e. The first-order chi connectivity index (χ1) is 15.2. The molecule has 0 aliphatic heterocycles. The van der Waals surface area contributed by atoms with Crippen molar-refractivity contribution in [2.75, 3.05) is 22.4 Å². The Morgan fingerprint density at radius 3 is 2.56 bits per heavy atom. The first-order valence-corrected chi connectivity index (χ1v) is 12.1. The lowest BCUT2D eigenvalue weighted by atomic mass is 10.1. The Labute approximate surface area is 189 Å². The van der Waals surface area contributed by atoms with Crippen molar-refractivity contribution < 1.29 is 22.0 Å². The zero-order chi connectivity index (χ0) is 22.9. The molecule has 0 spiro atoms. The van der Waals surface area contributed by atoms with Gasteiger partial charge in [0.15, 0.2) is 0 Å². The fraction of sp³-hybridized carbons (Fsp3) is 0.174. The topological polar surface area (TPSA) is 79.6 Å². The van der Waals surface area contributed by atoms with Crippen LogP contribution in [-0.4, -0.2) is 27.1 Å². The van der Waals surface area contributed by atoms with E-state index >= 15 is 0 Å². The van der Waals surface area contributed by atoms with Crippen LogP contribution in [0.4, 0.5) is 15.8 Å². The highest BCUT2D eigenvalue weighted by molar-refractivity contribution is 7.92. The van der Waals surface area contributed by atoms with Gasteiger partial charge >= 0.3 is 0 Å². The number of rotatable bonds is 7. The predicted octanol–water partition coefficient (Wildman–Crippen LogP) is 5.56. The van der Waals surface area contributed by atoms with E-state index in [2.05, 4.69) is 5.32 Å². The quantitative estimate of drug-likeness (QED) is 0.380. The molecule has 166 valence electrons. The number of hydrogen-bond donors (Lipinski definition) is 1. The molecule has 1 aromatic heterocycles. The van der Waals surface area contributed by atoms with Gasteiger partial charge in [-0.1, -0.05) is 29.8 Å². The Morgan fingerprint density at radius 2 is 1.81 bits per heavy atom. The number of nitrogens with zero attached hydrogens (tertiary/aromatic N) is 1. The highest BCUT2D eigenvalue weighted by Gasteiger charge is 2.19. The summed E-state index contributed by atoms with van der Waals surface area (Å²) < 4.78 is 44.7. The van der Waals surface area contributed by atoms with Crippen molar-refractivity contribution in [2.24, 2.45) is 0 Å². The molecule has 6 nitrogen and oxygen atoms in total. The van der Waals surface area contributed by atoms with Crippen LogP contribution in [0.5, 0.6) is 0 Å².